The van der Waals surface area contributed by atoms with E-state index < -0.39 is 0 Å². The molecule has 1 amide bonds. The van der Waals surface area contributed by atoms with E-state index in [-0.39, 0.29) is 17.6 Å². The van der Waals surface area contributed by atoms with Crippen molar-refractivity contribution in [1.29, 1.82) is 0 Å². The molecule has 28 heavy (non-hydrogen) atoms. The van der Waals surface area contributed by atoms with Crippen LogP contribution in [0, 0.1) is 5.41 Å². The zero-order valence-corrected chi connectivity index (χ0v) is 16.8. The van der Waals surface area contributed by atoms with Gasteiger partial charge in [-0.3, -0.25) is 0 Å². The normalized spacial score (nSPS) is 27.1. The predicted octanol–water partition coefficient (Wildman–Crippen LogP) is 3.99. The summed E-state index contributed by atoms with van der Waals surface area (Å²) in [5, 5.41) is 6.47. The van der Waals surface area contributed by atoms with E-state index in [1.165, 1.54) is 37.7 Å². The van der Waals surface area contributed by atoms with E-state index >= 15 is 0 Å². The van der Waals surface area contributed by atoms with Crippen LogP contribution in [-0.2, 0) is 9.47 Å². The number of amides is 1. The molecule has 4 rings (SSSR count). The van der Waals surface area contributed by atoms with Crippen molar-refractivity contribution in [2.75, 3.05) is 26.3 Å². The van der Waals surface area contributed by atoms with Crippen LogP contribution in [-0.4, -0.2) is 44.5 Å². The van der Waals surface area contributed by atoms with Gasteiger partial charge in [-0.05, 0) is 50.8 Å². The van der Waals surface area contributed by atoms with Gasteiger partial charge in [0, 0.05) is 17.4 Å². The number of piperidine rings is 1. The van der Waals surface area contributed by atoms with Gasteiger partial charge < -0.3 is 20.1 Å². The number of benzene rings is 1. The van der Waals surface area contributed by atoms with Crippen LogP contribution in [0.25, 0.3) is 0 Å². The maximum absolute atomic E-state index is 12.4. The van der Waals surface area contributed by atoms with Gasteiger partial charge in [-0.25, -0.2) is 4.79 Å². The third-order valence-corrected chi connectivity index (χ3v) is 6.67. The molecule has 5 nitrogen and oxygen atoms in total. The molecule has 0 radical (unpaired) electrons. The third kappa shape index (κ3) is 5.26. The number of hydrogen-bond donors (Lipinski definition) is 2. The predicted molar refractivity (Wildman–Crippen MR) is 109 cm³/mol. The summed E-state index contributed by atoms with van der Waals surface area (Å²) in [4.78, 5) is 12.4. The Labute approximate surface area is 168 Å². The number of rotatable bonds is 7. The van der Waals surface area contributed by atoms with Gasteiger partial charge >= 0.3 is 6.09 Å². The summed E-state index contributed by atoms with van der Waals surface area (Å²) in [5.74, 6) is 0.427. The quantitative estimate of drug-likeness (QED) is 0.744. The zero-order chi connectivity index (χ0) is 19.2. The van der Waals surface area contributed by atoms with E-state index in [9.17, 15) is 4.79 Å². The van der Waals surface area contributed by atoms with Crippen LogP contribution in [0.1, 0.15) is 62.8 Å². The Morgan fingerprint density at radius 2 is 1.82 bits per heavy atom. The molecule has 3 aliphatic rings. The second-order valence-corrected chi connectivity index (χ2v) is 8.90. The number of alkyl carbamates (subject to hydrolysis) is 1. The molecule has 2 aliphatic carbocycles. The first-order chi connectivity index (χ1) is 13.7. The van der Waals surface area contributed by atoms with Crippen LogP contribution in [0.3, 0.4) is 0 Å². The van der Waals surface area contributed by atoms with Gasteiger partial charge in [-0.1, -0.05) is 49.6 Å². The molecule has 1 aliphatic heterocycles. The fourth-order valence-corrected chi connectivity index (χ4v) is 4.65. The lowest BCUT2D eigenvalue weighted by Gasteiger charge is -2.38. The first kappa shape index (κ1) is 19.7. The summed E-state index contributed by atoms with van der Waals surface area (Å²) in [7, 11) is 0. The van der Waals surface area contributed by atoms with Gasteiger partial charge in [-0.2, -0.15) is 0 Å². The van der Waals surface area contributed by atoms with Gasteiger partial charge in [-0.15, -0.1) is 0 Å². The summed E-state index contributed by atoms with van der Waals surface area (Å²) in [6, 6.07) is 10.6. The molecule has 1 aromatic rings. The first-order valence-corrected chi connectivity index (χ1v) is 11.0. The Bertz CT molecular complexity index is 624. The van der Waals surface area contributed by atoms with E-state index in [0.29, 0.717) is 25.2 Å². The lowest BCUT2D eigenvalue weighted by atomic mass is 9.80. The fraction of sp³-hybridized carbons (Fsp3) is 0.696. The molecular weight excluding hydrogens is 352 g/mol. The van der Waals surface area contributed by atoms with Gasteiger partial charge in [0.2, 0.25) is 0 Å². The maximum Gasteiger partial charge on any atom is 0.407 e. The molecule has 154 valence electrons. The number of carbonyl (C=O) groups is 1. The fourth-order valence-electron chi connectivity index (χ4n) is 4.65. The molecular formula is C23H34N2O3. The average molecular weight is 387 g/mol. The SMILES string of the molecule is O=C(N[C@@H]1C[C@H]1c1ccccc1)OCC1(COC2CCCCC2)CCNCC1. The minimum atomic E-state index is -0.279. The van der Waals surface area contributed by atoms with Crippen molar-refractivity contribution in [2.45, 2.75) is 69.4 Å². The van der Waals surface area contributed by atoms with Crippen LogP contribution in [0.4, 0.5) is 4.79 Å². The minimum Gasteiger partial charge on any atom is -0.449 e. The average Bonchev–Trinajstić information content (AvgIpc) is 3.52. The number of ether oxygens (including phenoxy) is 2. The molecule has 0 unspecified atom stereocenters. The molecule has 3 fully saturated rings. The van der Waals surface area contributed by atoms with Crippen molar-refractivity contribution in [2.24, 2.45) is 5.41 Å². The Morgan fingerprint density at radius 3 is 2.57 bits per heavy atom. The molecule has 2 N–H and O–H groups in total. The number of nitrogens with one attached hydrogen (secondary N) is 2. The van der Waals surface area contributed by atoms with E-state index in [4.69, 9.17) is 9.47 Å². The molecule has 1 aromatic carbocycles. The Kier molecular flexibility index (Phi) is 6.53. The topological polar surface area (TPSA) is 59.6 Å². The smallest absolute Gasteiger partial charge is 0.407 e. The molecule has 0 bridgehead atoms. The van der Waals surface area contributed by atoms with Crippen molar-refractivity contribution in [1.82, 2.24) is 10.6 Å². The molecule has 2 atom stereocenters. The van der Waals surface area contributed by atoms with E-state index in [0.717, 1.165) is 32.4 Å². The summed E-state index contributed by atoms with van der Waals surface area (Å²) in [5.41, 5.74) is 1.26. The highest BCUT2D eigenvalue weighted by Crippen LogP contribution is 2.40. The van der Waals surface area contributed by atoms with E-state index in [2.05, 4.69) is 34.9 Å². The second-order valence-electron chi connectivity index (χ2n) is 8.90. The highest BCUT2D eigenvalue weighted by Gasteiger charge is 2.40. The molecule has 5 heteroatoms. The lowest BCUT2D eigenvalue weighted by Crippen LogP contribution is -2.45. The first-order valence-electron chi connectivity index (χ1n) is 11.0. The van der Waals surface area contributed by atoms with E-state index in [1.807, 2.05) is 6.07 Å². The number of carbonyl (C=O) groups excluding carboxylic acids is 1. The highest BCUT2D eigenvalue weighted by atomic mass is 16.6. The molecule has 1 saturated heterocycles. The third-order valence-electron chi connectivity index (χ3n) is 6.67. The van der Waals surface area contributed by atoms with Crippen molar-refractivity contribution in [3.05, 3.63) is 35.9 Å². The summed E-state index contributed by atoms with van der Waals surface area (Å²) < 4.78 is 12.0. The summed E-state index contributed by atoms with van der Waals surface area (Å²) in [6.07, 6.45) is 9.38. The van der Waals surface area contributed by atoms with Gasteiger partial charge in [0.25, 0.3) is 0 Å². The van der Waals surface area contributed by atoms with Crippen LogP contribution < -0.4 is 10.6 Å². The largest absolute Gasteiger partial charge is 0.449 e. The van der Waals surface area contributed by atoms with Gasteiger partial charge in [0.15, 0.2) is 0 Å². The molecule has 0 spiro atoms. The molecule has 2 saturated carbocycles. The molecule has 1 heterocycles. The van der Waals surface area contributed by atoms with Gasteiger partial charge in [0.1, 0.15) is 6.61 Å². The Hall–Kier alpha value is -1.59. The van der Waals surface area contributed by atoms with Crippen molar-refractivity contribution in [3.63, 3.8) is 0 Å². The van der Waals surface area contributed by atoms with Crippen molar-refractivity contribution < 1.29 is 14.3 Å². The van der Waals surface area contributed by atoms with Crippen molar-refractivity contribution in [3.8, 4) is 0 Å². The van der Waals surface area contributed by atoms with Crippen LogP contribution >= 0.6 is 0 Å². The van der Waals surface area contributed by atoms with Crippen LogP contribution in [0.15, 0.2) is 30.3 Å². The summed E-state index contributed by atoms with van der Waals surface area (Å²) in [6.45, 7) is 3.11. The van der Waals surface area contributed by atoms with E-state index in [1.54, 1.807) is 0 Å². The standard InChI is InChI=1S/C23H34N2O3/c26-22(25-21-15-20(21)18-7-3-1-4-8-18)28-17-23(11-13-24-14-12-23)16-27-19-9-5-2-6-10-19/h1,3-4,7-8,19-21,24H,2,5-6,9-17H2,(H,25,26)/t20-,21+/m0/s1. The Balaban J connectivity index is 1.24. The minimum absolute atomic E-state index is 0.0393. The molecule has 0 aromatic heterocycles. The highest BCUT2D eigenvalue weighted by molar-refractivity contribution is 5.68. The number of hydrogen-bond acceptors (Lipinski definition) is 4. The van der Waals surface area contributed by atoms with Gasteiger partial charge in [0.05, 0.1) is 12.7 Å². The lowest BCUT2D eigenvalue weighted by molar-refractivity contribution is -0.0587. The van der Waals surface area contributed by atoms with Crippen LogP contribution in [0.2, 0.25) is 0 Å². The monoisotopic (exact) mass is 386 g/mol. The second kappa shape index (κ2) is 9.27. The van der Waals surface area contributed by atoms with Crippen LogP contribution in [0.5, 0.6) is 0 Å². The van der Waals surface area contributed by atoms with Crippen molar-refractivity contribution >= 4 is 6.09 Å². The Morgan fingerprint density at radius 1 is 1.07 bits per heavy atom. The maximum atomic E-state index is 12.4. The summed E-state index contributed by atoms with van der Waals surface area (Å²) >= 11 is 0. The zero-order valence-electron chi connectivity index (χ0n) is 16.8.